The van der Waals surface area contributed by atoms with Crippen LogP contribution in [0.5, 0.6) is 0 Å². The molecule has 0 spiro atoms. The van der Waals surface area contributed by atoms with Gasteiger partial charge in [0.1, 0.15) is 0 Å². The first-order valence-electron chi connectivity index (χ1n) is 11.1. The maximum absolute atomic E-state index is 12.7. The highest BCUT2D eigenvalue weighted by Gasteiger charge is 2.13. The first kappa shape index (κ1) is 24.0. The molecule has 0 atom stereocenters. The van der Waals surface area contributed by atoms with Gasteiger partial charge in [-0.2, -0.15) is 5.10 Å². The Bertz CT molecular complexity index is 1360. The number of nitrogens with zero attached hydrogens (tertiary/aromatic N) is 3. The molecule has 1 aromatic heterocycles. The molecular weight excluding hydrogens is 460 g/mol. The predicted octanol–water partition coefficient (Wildman–Crippen LogP) is 5.61. The van der Waals surface area contributed by atoms with Crippen LogP contribution in [0.25, 0.3) is 17.3 Å². The molecule has 0 aliphatic carbocycles. The van der Waals surface area contributed by atoms with Gasteiger partial charge in [-0.05, 0) is 29.8 Å². The molecule has 0 saturated heterocycles. The quantitative estimate of drug-likeness (QED) is 0.347. The van der Waals surface area contributed by atoms with E-state index in [0.717, 1.165) is 22.4 Å². The SMILES string of the molecule is CN(C)C(=O)c1ccc(Cl)c(NC(=O)/C=C/c2cn(Cc3ccccc3)nc2-c2ccccc2)c1. The molecule has 1 N–H and O–H groups in total. The number of carbonyl (C=O) groups excluding carboxylic acids is 2. The van der Waals surface area contributed by atoms with E-state index in [2.05, 4.69) is 5.32 Å². The third-order valence-corrected chi connectivity index (χ3v) is 5.65. The summed E-state index contributed by atoms with van der Waals surface area (Å²) < 4.78 is 1.86. The van der Waals surface area contributed by atoms with Crippen LogP contribution in [0.4, 0.5) is 5.69 Å². The first-order chi connectivity index (χ1) is 16.9. The lowest BCUT2D eigenvalue weighted by atomic mass is 10.1. The lowest BCUT2D eigenvalue weighted by molar-refractivity contribution is -0.111. The van der Waals surface area contributed by atoms with E-state index in [0.29, 0.717) is 22.8 Å². The van der Waals surface area contributed by atoms with E-state index in [-0.39, 0.29) is 11.8 Å². The number of hydrogen-bond donors (Lipinski definition) is 1. The second-order valence-electron chi connectivity index (χ2n) is 8.20. The van der Waals surface area contributed by atoms with Gasteiger partial charge in [-0.25, -0.2) is 0 Å². The lowest BCUT2D eigenvalue weighted by Gasteiger charge is -2.12. The average molecular weight is 485 g/mol. The van der Waals surface area contributed by atoms with Gasteiger partial charge >= 0.3 is 0 Å². The Balaban J connectivity index is 1.57. The molecule has 0 aliphatic rings. The molecule has 4 aromatic rings. The second kappa shape index (κ2) is 10.8. The zero-order chi connectivity index (χ0) is 24.8. The standard InChI is InChI=1S/C28H25ClN4O2/c1-32(2)28(35)22-13-15-24(29)25(17-22)30-26(34)16-14-23-19-33(18-20-9-5-3-6-10-20)31-27(23)21-11-7-4-8-12-21/h3-17,19H,18H2,1-2H3,(H,30,34)/b16-14+. The number of anilines is 1. The summed E-state index contributed by atoms with van der Waals surface area (Å²) in [6.45, 7) is 0.614. The van der Waals surface area contributed by atoms with Crippen LogP contribution in [0.15, 0.2) is 91.1 Å². The van der Waals surface area contributed by atoms with E-state index in [1.54, 1.807) is 38.4 Å². The van der Waals surface area contributed by atoms with E-state index in [9.17, 15) is 9.59 Å². The van der Waals surface area contributed by atoms with Crippen molar-refractivity contribution >= 4 is 35.2 Å². The van der Waals surface area contributed by atoms with Crippen LogP contribution in [0.1, 0.15) is 21.5 Å². The molecule has 0 aliphatic heterocycles. The number of amides is 2. The van der Waals surface area contributed by atoms with Crippen molar-refractivity contribution in [1.82, 2.24) is 14.7 Å². The minimum absolute atomic E-state index is 0.175. The normalized spacial score (nSPS) is 10.9. The number of nitrogens with one attached hydrogen (secondary N) is 1. The zero-order valence-electron chi connectivity index (χ0n) is 19.5. The highest BCUT2D eigenvalue weighted by atomic mass is 35.5. The monoisotopic (exact) mass is 484 g/mol. The summed E-state index contributed by atoms with van der Waals surface area (Å²) in [6, 6.07) is 24.7. The Kier molecular flexibility index (Phi) is 7.43. The number of carbonyl (C=O) groups is 2. The van der Waals surface area contributed by atoms with E-state index in [1.165, 1.54) is 11.0 Å². The molecular formula is C28H25ClN4O2. The Morgan fingerprint density at radius 2 is 1.69 bits per heavy atom. The molecule has 3 aromatic carbocycles. The lowest BCUT2D eigenvalue weighted by Crippen LogP contribution is -2.21. The average Bonchev–Trinajstić information content (AvgIpc) is 3.27. The van der Waals surface area contributed by atoms with E-state index < -0.39 is 0 Å². The molecule has 0 radical (unpaired) electrons. The summed E-state index contributed by atoms with van der Waals surface area (Å²) in [6.07, 6.45) is 5.09. The molecule has 0 unspecified atom stereocenters. The van der Waals surface area contributed by atoms with Gasteiger partial charge in [0.15, 0.2) is 0 Å². The highest BCUT2D eigenvalue weighted by Crippen LogP contribution is 2.25. The number of aromatic nitrogens is 2. The minimum atomic E-state index is -0.365. The number of halogens is 1. The van der Waals surface area contributed by atoms with E-state index >= 15 is 0 Å². The van der Waals surface area contributed by atoms with Crippen molar-refractivity contribution in [2.45, 2.75) is 6.54 Å². The fourth-order valence-electron chi connectivity index (χ4n) is 3.58. The summed E-state index contributed by atoms with van der Waals surface area (Å²) in [5.74, 6) is -0.540. The van der Waals surface area contributed by atoms with Gasteiger partial charge in [0.2, 0.25) is 5.91 Å². The third kappa shape index (κ3) is 6.05. The van der Waals surface area contributed by atoms with Gasteiger partial charge in [-0.1, -0.05) is 72.3 Å². The van der Waals surface area contributed by atoms with Crippen LogP contribution in [0.2, 0.25) is 5.02 Å². The van der Waals surface area contributed by atoms with Crippen molar-refractivity contribution in [1.29, 1.82) is 0 Å². The Labute approximate surface area is 209 Å². The van der Waals surface area contributed by atoms with Crippen LogP contribution in [-0.4, -0.2) is 40.6 Å². The molecule has 1 heterocycles. The van der Waals surface area contributed by atoms with Gasteiger partial charge in [0.25, 0.3) is 5.91 Å². The van der Waals surface area contributed by atoms with Crippen LogP contribution >= 0.6 is 11.6 Å². The summed E-state index contributed by atoms with van der Waals surface area (Å²) in [5.41, 5.74) is 4.48. The molecule has 176 valence electrons. The number of benzene rings is 3. The number of hydrogen-bond acceptors (Lipinski definition) is 3. The molecule has 4 rings (SSSR count). The van der Waals surface area contributed by atoms with Gasteiger partial charge in [-0.15, -0.1) is 0 Å². The molecule has 6 nitrogen and oxygen atoms in total. The summed E-state index contributed by atoms with van der Waals surface area (Å²) in [5, 5.41) is 7.88. The van der Waals surface area contributed by atoms with Crippen molar-refractivity contribution in [3.63, 3.8) is 0 Å². The Morgan fingerprint density at radius 1 is 1.00 bits per heavy atom. The van der Waals surface area contributed by atoms with Gasteiger partial charge in [0.05, 0.1) is 22.9 Å². The van der Waals surface area contributed by atoms with Crippen molar-refractivity contribution in [2.75, 3.05) is 19.4 Å². The topological polar surface area (TPSA) is 67.2 Å². The van der Waals surface area contributed by atoms with Crippen LogP contribution in [0.3, 0.4) is 0 Å². The summed E-state index contributed by atoms with van der Waals surface area (Å²) in [7, 11) is 3.33. The van der Waals surface area contributed by atoms with Crippen molar-refractivity contribution in [3.8, 4) is 11.3 Å². The molecule has 0 fully saturated rings. The van der Waals surface area contributed by atoms with Gasteiger partial charge < -0.3 is 10.2 Å². The fourth-order valence-corrected chi connectivity index (χ4v) is 3.75. The maximum Gasteiger partial charge on any atom is 0.253 e. The largest absolute Gasteiger partial charge is 0.345 e. The Morgan fingerprint density at radius 3 is 2.37 bits per heavy atom. The summed E-state index contributed by atoms with van der Waals surface area (Å²) >= 11 is 6.25. The number of rotatable bonds is 7. The molecule has 2 amide bonds. The van der Waals surface area contributed by atoms with E-state index in [4.69, 9.17) is 16.7 Å². The molecule has 0 saturated carbocycles. The third-order valence-electron chi connectivity index (χ3n) is 5.32. The fraction of sp³-hybridized carbons (Fsp3) is 0.107. The molecule has 0 bridgehead atoms. The van der Waals surface area contributed by atoms with Crippen molar-refractivity contribution in [3.05, 3.63) is 113 Å². The summed E-state index contributed by atoms with van der Waals surface area (Å²) in [4.78, 5) is 26.4. The maximum atomic E-state index is 12.7. The molecule has 35 heavy (non-hydrogen) atoms. The van der Waals surface area contributed by atoms with E-state index in [1.807, 2.05) is 71.5 Å². The van der Waals surface area contributed by atoms with Gasteiger partial charge in [0, 0.05) is 43.1 Å². The van der Waals surface area contributed by atoms with Gasteiger partial charge in [-0.3, -0.25) is 14.3 Å². The predicted molar refractivity (Wildman–Crippen MR) is 140 cm³/mol. The van der Waals surface area contributed by atoms with Crippen molar-refractivity contribution in [2.24, 2.45) is 0 Å². The smallest absolute Gasteiger partial charge is 0.253 e. The Hall–Kier alpha value is -4.16. The zero-order valence-corrected chi connectivity index (χ0v) is 20.2. The highest BCUT2D eigenvalue weighted by molar-refractivity contribution is 6.34. The van der Waals surface area contributed by atoms with Crippen molar-refractivity contribution < 1.29 is 9.59 Å². The minimum Gasteiger partial charge on any atom is -0.345 e. The first-order valence-corrected chi connectivity index (χ1v) is 11.5. The second-order valence-corrected chi connectivity index (χ2v) is 8.61. The van der Waals surface area contributed by atoms with Crippen LogP contribution < -0.4 is 5.32 Å². The van der Waals surface area contributed by atoms with Crippen LogP contribution in [0, 0.1) is 0 Å². The van der Waals surface area contributed by atoms with Crippen LogP contribution in [-0.2, 0) is 11.3 Å². The molecule has 7 heteroatoms.